The predicted molar refractivity (Wildman–Crippen MR) is 58.6 cm³/mol. The van der Waals surface area contributed by atoms with Gasteiger partial charge in [0.25, 0.3) is 0 Å². The number of aromatic amines is 1. The van der Waals surface area contributed by atoms with Gasteiger partial charge in [0.15, 0.2) is 0 Å². The summed E-state index contributed by atoms with van der Waals surface area (Å²) in [7, 11) is 0. The van der Waals surface area contributed by atoms with Crippen molar-refractivity contribution >= 4 is 26.8 Å². The van der Waals surface area contributed by atoms with Gasteiger partial charge < -0.3 is 10.7 Å². The Morgan fingerprint density at radius 2 is 2.21 bits per heavy atom. The standard InChI is InChI=1S/C10H10BrFN2/c1-5-7(4-13)6-2-9(12)8(11)3-10(6)14-5/h2-3,14H,4,13H2,1H3. The van der Waals surface area contributed by atoms with Crippen molar-refractivity contribution in [2.75, 3.05) is 0 Å². The van der Waals surface area contributed by atoms with E-state index in [-0.39, 0.29) is 5.82 Å². The Kier molecular flexibility index (Phi) is 2.33. The van der Waals surface area contributed by atoms with Gasteiger partial charge >= 0.3 is 0 Å². The van der Waals surface area contributed by atoms with Gasteiger partial charge in [-0.15, -0.1) is 0 Å². The van der Waals surface area contributed by atoms with Crippen molar-refractivity contribution in [1.29, 1.82) is 0 Å². The molecule has 2 rings (SSSR count). The molecule has 0 atom stereocenters. The first-order valence-corrected chi connectivity index (χ1v) is 5.09. The fourth-order valence-electron chi connectivity index (χ4n) is 1.64. The van der Waals surface area contributed by atoms with Crippen LogP contribution in [-0.2, 0) is 6.54 Å². The summed E-state index contributed by atoms with van der Waals surface area (Å²) in [5, 5.41) is 0.866. The highest BCUT2D eigenvalue weighted by Gasteiger charge is 2.09. The lowest BCUT2D eigenvalue weighted by atomic mass is 10.1. The number of halogens is 2. The molecule has 0 aliphatic heterocycles. The smallest absolute Gasteiger partial charge is 0.138 e. The van der Waals surface area contributed by atoms with E-state index in [2.05, 4.69) is 20.9 Å². The molecule has 0 amide bonds. The largest absolute Gasteiger partial charge is 0.358 e. The molecule has 0 aliphatic carbocycles. The second-order valence-corrected chi connectivity index (χ2v) is 4.10. The quantitative estimate of drug-likeness (QED) is 0.810. The van der Waals surface area contributed by atoms with Crippen molar-refractivity contribution in [2.24, 2.45) is 5.73 Å². The zero-order valence-electron chi connectivity index (χ0n) is 7.70. The fraction of sp³-hybridized carbons (Fsp3) is 0.200. The number of rotatable bonds is 1. The number of hydrogen-bond acceptors (Lipinski definition) is 1. The van der Waals surface area contributed by atoms with Crippen molar-refractivity contribution in [1.82, 2.24) is 4.98 Å². The van der Waals surface area contributed by atoms with Crippen molar-refractivity contribution in [3.63, 3.8) is 0 Å². The van der Waals surface area contributed by atoms with Crippen LogP contribution in [0, 0.1) is 12.7 Å². The van der Waals surface area contributed by atoms with Crippen LogP contribution >= 0.6 is 15.9 Å². The summed E-state index contributed by atoms with van der Waals surface area (Å²) < 4.78 is 13.7. The number of nitrogens with two attached hydrogens (primary N) is 1. The van der Waals surface area contributed by atoms with Gasteiger partial charge in [-0.25, -0.2) is 4.39 Å². The van der Waals surface area contributed by atoms with E-state index in [1.54, 1.807) is 6.07 Å². The van der Waals surface area contributed by atoms with E-state index >= 15 is 0 Å². The van der Waals surface area contributed by atoms with E-state index in [1.165, 1.54) is 6.07 Å². The third kappa shape index (κ3) is 1.35. The van der Waals surface area contributed by atoms with Gasteiger partial charge in [0, 0.05) is 23.1 Å². The number of hydrogen-bond donors (Lipinski definition) is 2. The van der Waals surface area contributed by atoms with Crippen LogP contribution in [0.2, 0.25) is 0 Å². The molecule has 0 bridgehead atoms. The number of H-pyrrole nitrogens is 1. The van der Waals surface area contributed by atoms with Gasteiger partial charge in [0.1, 0.15) is 5.82 Å². The van der Waals surface area contributed by atoms with Crippen LogP contribution in [0.15, 0.2) is 16.6 Å². The Hall–Kier alpha value is -0.870. The number of nitrogens with one attached hydrogen (secondary N) is 1. The summed E-state index contributed by atoms with van der Waals surface area (Å²) in [6.07, 6.45) is 0. The molecule has 2 aromatic rings. The van der Waals surface area contributed by atoms with Crippen molar-refractivity contribution in [3.8, 4) is 0 Å². The number of aromatic nitrogens is 1. The predicted octanol–water partition coefficient (Wildman–Crippen LogP) is 2.84. The van der Waals surface area contributed by atoms with Gasteiger partial charge in [-0.1, -0.05) is 0 Å². The van der Waals surface area contributed by atoms with Gasteiger partial charge in [0.2, 0.25) is 0 Å². The zero-order chi connectivity index (χ0) is 10.3. The summed E-state index contributed by atoms with van der Waals surface area (Å²) >= 11 is 3.15. The first-order chi connectivity index (χ1) is 6.63. The van der Waals surface area contributed by atoms with Gasteiger partial charge in [-0.2, -0.15) is 0 Å². The molecule has 0 fully saturated rings. The molecule has 0 radical (unpaired) electrons. The molecule has 0 saturated heterocycles. The molecule has 2 nitrogen and oxygen atoms in total. The number of aryl methyl sites for hydroxylation is 1. The third-order valence-corrected chi connectivity index (χ3v) is 2.97. The minimum absolute atomic E-state index is 0.258. The molecule has 0 saturated carbocycles. The van der Waals surface area contributed by atoms with Gasteiger partial charge in [-0.05, 0) is 40.5 Å². The zero-order valence-corrected chi connectivity index (χ0v) is 9.28. The van der Waals surface area contributed by atoms with E-state index in [0.29, 0.717) is 11.0 Å². The van der Waals surface area contributed by atoms with Crippen LogP contribution < -0.4 is 5.73 Å². The average Bonchev–Trinajstić information content (AvgIpc) is 2.42. The highest BCUT2D eigenvalue weighted by atomic mass is 79.9. The second-order valence-electron chi connectivity index (χ2n) is 3.24. The topological polar surface area (TPSA) is 41.8 Å². The molecule has 1 heterocycles. The van der Waals surface area contributed by atoms with Crippen molar-refractivity contribution in [3.05, 3.63) is 33.7 Å². The SMILES string of the molecule is Cc1[nH]c2cc(Br)c(F)cc2c1CN. The lowest BCUT2D eigenvalue weighted by molar-refractivity contribution is 0.623. The van der Waals surface area contributed by atoms with Gasteiger partial charge in [0.05, 0.1) is 4.47 Å². The highest BCUT2D eigenvalue weighted by Crippen LogP contribution is 2.27. The molecule has 1 aromatic heterocycles. The lowest BCUT2D eigenvalue weighted by Gasteiger charge is -1.97. The van der Waals surface area contributed by atoms with Crippen molar-refractivity contribution in [2.45, 2.75) is 13.5 Å². The first kappa shape index (κ1) is 9.68. The Labute approximate surface area is 89.4 Å². The summed E-state index contributed by atoms with van der Waals surface area (Å²) in [4.78, 5) is 3.17. The normalized spacial score (nSPS) is 11.1. The van der Waals surface area contributed by atoms with E-state index in [0.717, 1.165) is 22.2 Å². The van der Waals surface area contributed by atoms with Crippen LogP contribution in [0.3, 0.4) is 0 Å². The summed E-state index contributed by atoms with van der Waals surface area (Å²) in [6, 6.07) is 3.24. The monoisotopic (exact) mass is 256 g/mol. The molecule has 1 aromatic carbocycles. The van der Waals surface area contributed by atoms with Crippen LogP contribution in [0.1, 0.15) is 11.3 Å². The number of benzene rings is 1. The maximum atomic E-state index is 13.3. The molecule has 3 N–H and O–H groups in total. The lowest BCUT2D eigenvalue weighted by Crippen LogP contribution is -1.96. The van der Waals surface area contributed by atoms with Crippen LogP contribution in [0.5, 0.6) is 0 Å². The maximum Gasteiger partial charge on any atom is 0.138 e. The molecule has 0 unspecified atom stereocenters. The minimum atomic E-state index is -0.258. The average molecular weight is 257 g/mol. The summed E-state index contributed by atoms with van der Waals surface area (Å²) in [5.74, 6) is -0.258. The first-order valence-electron chi connectivity index (χ1n) is 4.29. The molecule has 0 spiro atoms. The summed E-state index contributed by atoms with van der Waals surface area (Å²) in [6.45, 7) is 2.36. The second kappa shape index (κ2) is 3.37. The van der Waals surface area contributed by atoms with Crippen LogP contribution in [-0.4, -0.2) is 4.98 Å². The molecule has 74 valence electrons. The van der Waals surface area contributed by atoms with Crippen LogP contribution in [0.25, 0.3) is 10.9 Å². The van der Waals surface area contributed by atoms with E-state index < -0.39 is 0 Å². The maximum absolute atomic E-state index is 13.3. The Morgan fingerprint density at radius 1 is 1.50 bits per heavy atom. The van der Waals surface area contributed by atoms with E-state index in [9.17, 15) is 4.39 Å². The highest BCUT2D eigenvalue weighted by molar-refractivity contribution is 9.10. The Morgan fingerprint density at radius 3 is 2.86 bits per heavy atom. The number of fused-ring (bicyclic) bond motifs is 1. The fourth-order valence-corrected chi connectivity index (χ4v) is 1.99. The molecular weight excluding hydrogens is 247 g/mol. The van der Waals surface area contributed by atoms with Gasteiger partial charge in [-0.3, -0.25) is 0 Å². The van der Waals surface area contributed by atoms with Crippen LogP contribution in [0.4, 0.5) is 4.39 Å². The molecular formula is C10H10BrFN2. The molecule has 14 heavy (non-hydrogen) atoms. The minimum Gasteiger partial charge on any atom is -0.358 e. The summed E-state index contributed by atoms with van der Waals surface area (Å²) in [5.41, 5.74) is 8.49. The van der Waals surface area contributed by atoms with E-state index in [1.807, 2.05) is 6.92 Å². The molecule has 0 aliphatic rings. The Balaban J connectivity index is 2.82. The third-order valence-electron chi connectivity index (χ3n) is 2.36. The Bertz CT molecular complexity index is 490. The molecule has 4 heteroatoms. The van der Waals surface area contributed by atoms with Crippen molar-refractivity contribution < 1.29 is 4.39 Å². The van der Waals surface area contributed by atoms with E-state index in [4.69, 9.17) is 5.73 Å².